The summed E-state index contributed by atoms with van der Waals surface area (Å²) in [5.74, 6) is 0. The Balaban J connectivity index is 1.36. The molecule has 64 heavy (non-hydrogen) atoms. The third kappa shape index (κ3) is 7.10. The number of rotatable bonds is 8. The van der Waals surface area contributed by atoms with E-state index in [0.29, 0.717) is 0 Å². The minimum atomic E-state index is 1.19. The van der Waals surface area contributed by atoms with Crippen molar-refractivity contribution in [3.8, 4) is 89.0 Å². The molecule has 0 saturated carbocycles. The Kier molecular flexibility index (Phi) is 10.1. The molecule has 0 heterocycles. The predicted molar refractivity (Wildman–Crippen MR) is 274 cm³/mol. The first kappa shape index (κ1) is 38.8. The average Bonchev–Trinajstić information content (AvgIpc) is 3.36. The lowest BCUT2D eigenvalue weighted by molar-refractivity contribution is 1.46. The summed E-state index contributed by atoms with van der Waals surface area (Å²) in [6, 6.07) is 89.5. The van der Waals surface area contributed by atoms with Gasteiger partial charge in [-0.15, -0.1) is 0 Å². The summed E-state index contributed by atoms with van der Waals surface area (Å²) >= 11 is 0. The second kappa shape index (κ2) is 16.7. The van der Waals surface area contributed by atoms with Crippen LogP contribution >= 0.6 is 0 Å². The van der Waals surface area contributed by atoms with Gasteiger partial charge in [0.05, 0.1) is 0 Å². The number of hydrogen-bond acceptors (Lipinski definition) is 0. The molecule has 0 radical (unpaired) electrons. The van der Waals surface area contributed by atoms with E-state index in [1.54, 1.807) is 0 Å². The summed E-state index contributed by atoms with van der Waals surface area (Å²) in [5.41, 5.74) is 21.8. The highest BCUT2D eigenvalue weighted by Crippen LogP contribution is 2.52. The zero-order valence-corrected chi connectivity index (χ0v) is 36.1. The molecular formula is C64H46. The molecule has 0 unspecified atom stereocenters. The molecule has 11 rings (SSSR count). The van der Waals surface area contributed by atoms with Crippen LogP contribution in [0.2, 0.25) is 0 Å². The van der Waals surface area contributed by atoms with E-state index in [1.165, 1.54) is 122 Å². The molecule has 0 nitrogen and oxygen atoms in total. The molecule has 0 saturated heterocycles. The summed E-state index contributed by atoms with van der Waals surface area (Å²) in [6.07, 6.45) is 0. The first-order valence-corrected chi connectivity index (χ1v) is 22.2. The van der Waals surface area contributed by atoms with Gasteiger partial charge in [0.2, 0.25) is 0 Å². The number of hydrogen-bond donors (Lipinski definition) is 0. The zero-order valence-electron chi connectivity index (χ0n) is 36.1. The van der Waals surface area contributed by atoms with Crippen molar-refractivity contribution in [2.45, 2.75) is 13.8 Å². The van der Waals surface area contributed by atoms with Crippen molar-refractivity contribution in [2.24, 2.45) is 0 Å². The molecule has 0 heteroatoms. The van der Waals surface area contributed by atoms with Crippen molar-refractivity contribution in [3.05, 3.63) is 254 Å². The van der Waals surface area contributed by atoms with Crippen LogP contribution < -0.4 is 0 Å². The Morgan fingerprint density at radius 2 is 0.469 bits per heavy atom. The van der Waals surface area contributed by atoms with Crippen LogP contribution in [0, 0.1) is 13.8 Å². The van der Waals surface area contributed by atoms with Gasteiger partial charge in [-0.1, -0.05) is 206 Å². The van der Waals surface area contributed by atoms with E-state index in [-0.39, 0.29) is 0 Å². The van der Waals surface area contributed by atoms with E-state index < -0.39 is 0 Å². The molecule has 0 spiro atoms. The minimum absolute atomic E-state index is 1.19. The van der Waals surface area contributed by atoms with Gasteiger partial charge >= 0.3 is 0 Å². The van der Waals surface area contributed by atoms with Crippen LogP contribution in [-0.4, -0.2) is 0 Å². The van der Waals surface area contributed by atoms with Crippen molar-refractivity contribution >= 4 is 21.5 Å². The third-order valence-electron chi connectivity index (χ3n) is 12.9. The third-order valence-corrected chi connectivity index (χ3v) is 12.9. The number of benzene rings is 11. The highest BCUT2D eigenvalue weighted by atomic mass is 14.3. The molecule has 0 fully saturated rings. The Bertz CT molecular complexity index is 3120. The van der Waals surface area contributed by atoms with Gasteiger partial charge in [-0.05, 0) is 172 Å². The molecular weight excluding hydrogens is 769 g/mol. The Labute approximate surface area is 376 Å². The first-order chi connectivity index (χ1) is 31.6. The molecule has 0 amide bonds. The van der Waals surface area contributed by atoms with Gasteiger partial charge in [0.1, 0.15) is 0 Å². The van der Waals surface area contributed by atoms with E-state index in [1.807, 2.05) is 0 Å². The largest absolute Gasteiger partial charge is 0.0622 e. The SMILES string of the molecule is Cc1ccccc1-c1cccc2c(-c3cc(-c4ccccc4)cc(-c4ccccc4)c3)c3c(-c4ccccc4C)cccc3c(-c3cc(-c4ccccc4)cc(-c4ccccc4)c3)c12. The fourth-order valence-electron chi connectivity index (χ4n) is 9.86. The highest BCUT2D eigenvalue weighted by Gasteiger charge is 2.24. The van der Waals surface area contributed by atoms with Crippen LogP contribution in [0.3, 0.4) is 0 Å². The van der Waals surface area contributed by atoms with Gasteiger partial charge < -0.3 is 0 Å². The van der Waals surface area contributed by atoms with E-state index in [4.69, 9.17) is 0 Å². The molecule has 0 N–H and O–H groups in total. The van der Waals surface area contributed by atoms with Gasteiger partial charge in [0.15, 0.2) is 0 Å². The van der Waals surface area contributed by atoms with Crippen molar-refractivity contribution in [1.82, 2.24) is 0 Å². The average molecular weight is 815 g/mol. The maximum Gasteiger partial charge on any atom is -0.00140 e. The molecule has 11 aromatic rings. The standard InChI is InChI=1S/C64H46/c1-43-21-15-17-31-55(43)57-33-19-35-59-62(54-41-51(47-27-11-5-12-28-47)38-52(42-54)48-29-13-6-14-30-48)64-58(56-32-18-16-22-44(56)2)34-20-36-60(64)61(63(57)59)53-39-49(45-23-7-3-8-24-45)37-50(40-53)46-25-9-4-10-26-46/h3-42H,1-2H3. The van der Waals surface area contributed by atoms with E-state index in [0.717, 1.165) is 0 Å². The highest BCUT2D eigenvalue weighted by molar-refractivity contribution is 6.28. The van der Waals surface area contributed by atoms with Crippen LogP contribution in [0.15, 0.2) is 243 Å². The normalized spacial score (nSPS) is 11.3. The summed E-state index contributed by atoms with van der Waals surface area (Å²) in [4.78, 5) is 0. The monoisotopic (exact) mass is 814 g/mol. The molecule has 0 aliphatic heterocycles. The van der Waals surface area contributed by atoms with Gasteiger partial charge in [-0.3, -0.25) is 0 Å². The fourth-order valence-corrected chi connectivity index (χ4v) is 9.86. The molecule has 0 aromatic heterocycles. The second-order valence-electron chi connectivity index (χ2n) is 16.9. The van der Waals surface area contributed by atoms with Crippen LogP contribution in [0.5, 0.6) is 0 Å². The summed E-state index contributed by atoms with van der Waals surface area (Å²) in [5, 5.41) is 4.94. The molecule has 0 bridgehead atoms. The molecule has 0 aliphatic rings. The minimum Gasteiger partial charge on any atom is -0.0622 e. The summed E-state index contributed by atoms with van der Waals surface area (Å²) in [6.45, 7) is 4.48. The summed E-state index contributed by atoms with van der Waals surface area (Å²) in [7, 11) is 0. The fraction of sp³-hybridized carbons (Fsp3) is 0.0312. The second-order valence-corrected chi connectivity index (χ2v) is 16.9. The van der Waals surface area contributed by atoms with Gasteiger partial charge in [-0.25, -0.2) is 0 Å². The van der Waals surface area contributed by atoms with Crippen LogP contribution in [0.4, 0.5) is 0 Å². The quantitative estimate of drug-likeness (QED) is 0.134. The lowest BCUT2D eigenvalue weighted by atomic mass is 9.79. The van der Waals surface area contributed by atoms with Crippen LogP contribution in [-0.2, 0) is 0 Å². The topological polar surface area (TPSA) is 0 Å². The predicted octanol–water partition coefficient (Wildman–Crippen LogP) is 17.9. The number of aryl methyl sites for hydroxylation is 2. The number of fused-ring (bicyclic) bond motifs is 2. The van der Waals surface area contributed by atoms with Crippen molar-refractivity contribution in [2.75, 3.05) is 0 Å². The molecule has 11 aromatic carbocycles. The van der Waals surface area contributed by atoms with Gasteiger partial charge in [-0.2, -0.15) is 0 Å². The van der Waals surface area contributed by atoms with Crippen molar-refractivity contribution < 1.29 is 0 Å². The van der Waals surface area contributed by atoms with E-state index in [9.17, 15) is 0 Å². The maximum atomic E-state index is 2.42. The lowest BCUT2D eigenvalue weighted by Gasteiger charge is -2.24. The smallest absolute Gasteiger partial charge is 0.00140 e. The van der Waals surface area contributed by atoms with E-state index in [2.05, 4.69) is 257 Å². The van der Waals surface area contributed by atoms with Crippen molar-refractivity contribution in [1.29, 1.82) is 0 Å². The Morgan fingerprint density at radius 1 is 0.203 bits per heavy atom. The Morgan fingerprint density at radius 3 is 0.781 bits per heavy atom. The van der Waals surface area contributed by atoms with E-state index >= 15 is 0 Å². The molecule has 0 atom stereocenters. The van der Waals surface area contributed by atoms with Gasteiger partial charge in [0.25, 0.3) is 0 Å². The van der Waals surface area contributed by atoms with Crippen LogP contribution in [0.25, 0.3) is 111 Å². The lowest BCUT2D eigenvalue weighted by Crippen LogP contribution is -1.97. The van der Waals surface area contributed by atoms with Crippen LogP contribution in [0.1, 0.15) is 11.1 Å². The summed E-state index contributed by atoms with van der Waals surface area (Å²) < 4.78 is 0. The maximum absolute atomic E-state index is 2.42. The molecule has 302 valence electrons. The zero-order chi connectivity index (χ0) is 43.0. The Hall–Kier alpha value is -8.06. The van der Waals surface area contributed by atoms with Gasteiger partial charge in [0, 0.05) is 0 Å². The first-order valence-electron chi connectivity index (χ1n) is 22.2. The van der Waals surface area contributed by atoms with Crippen molar-refractivity contribution in [3.63, 3.8) is 0 Å². The molecule has 0 aliphatic carbocycles.